The number of benzene rings is 1. The third-order valence-electron chi connectivity index (χ3n) is 2.85. The number of amides is 1. The number of ether oxygens (including phenoxy) is 1. The number of fused-ring (bicyclic) bond motifs is 1. The molecule has 1 amide bonds. The first-order chi connectivity index (χ1) is 8.00. The fraction of sp³-hybridized carbons (Fsp3) is 0.417. The largest absolute Gasteiger partial charge is 0.482 e. The summed E-state index contributed by atoms with van der Waals surface area (Å²) in [6.07, 6.45) is -0.606. The van der Waals surface area contributed by atoms with Crippen LogP contribution in [0.25, 0.3) is 0 Å². The normalized spacial score (nSPS) is 18.4. The smallest absolute Gasteiger partial charge is 0.264 e. The Hall–Kier alpha value is -1.07. The van der Waals surface area contributed by atoms with Crippen molar-refractivity contribution in [2.24, 2.45) is 0 Å². The summed E-state index contributed by atoms with van der Waals surface area (Å²) < 4.78 is 5.32. The van der Waals surface area contributed by atoms with Crippen molar-refractivity contribution in [3.05, 3.63) is 23.8 Å². The zero-order valence-corrected chi connectivity index (χ0v) is 11.3. The summed E-state index contributed by atoms with van der Waals surface area (Å²) >= 11 is 3.34. The molecule has 2 rings (SSSR count). The van der Waals surface area contributed by atoms with Gasteiger partial charge in [0.2, 0.25) is 0 Å². The van der Waals surface area contributed by atoms with E-state index in [1.54, 1.807) is 24.1 Å². The van der Waals surface area contributed by atoms with Crippen LogP contribution in [0.2, 0.25) is 0 Å². The van der Waals surface area contributed by atoms with Crippen molar-refractivity contribution < 1.29 is 14.6 Å². The topological polar surface area (TPSA) is 49.8 Å². The minimum atomic E-state index is -0.606. The van der Waals surface area contributed by atoms with Crippen molar-refractivity contribution in [1.82, 2.24) is 0 Å². The maximum Gasteiger partial charge on any atom is 0.264 e. The summed E-state index contributed by atoms with van der Waals surface area (Å²) in [5.74, 6) is 0.585. The Balaban J connectivity index is 2.39. The molecule has 1 aliphatic heterocycles. The zero-order chi connectivity index (χ0) is 12.6. The Bertz CT molecular complexity index is 447. The third-order valence-corrected chi connectivity index (χ3v) is 3.35. The van der Waals surface area contributed by atoms with Gasteiger partial charge in [-0.15, -0.1) is 0 Å². The molecule has 1 aromatic carbocycles. The number of likely N-dealkylation sites (N-methyl/N-ethyl adjacent to an activating group) is 1. The Morgan fingerprint density at radius 2 is 2.24 bits per heavy atom. The summed E-state index contributed by atoms with van der Waals surface area (Å²) in [6, 6.07) is 5.38. The van der Waals surface area contributed by atoms with Gasteiger partial charge in [-0.1, -0.05) is 22.0 Å². The molecule has 92 valence electrons. The van der Waals surface area contributed by atoms with Gasteiger partial charge in [0, 0.05) is 11.9 Å². The van der Waals surface area contributed by atoms with Crippen LogP contribution >= 0.6 is 15.9 Å². The molecule has 0 radical (unpaired) electrons. The average molecular weight is 300 g/mol. The molecule has 0 aliphatic carbocycles. The van der Waals surface area contributed by atoms with Crippen LogP contribution in [-0.4, -0.2) is 29.5 Å². The number of alkyl halides is 1. The number of hydrogen-bond donors (Lipinski definition) is 1. The summed E-state index contributed by atoms with van der Waals surface area (Å²) in [4.78, 5) is 13.0. The number of carbonyl (C=O) groups is 1. The van der Waals surface area contributed by atoms with Gasteiger partial charge in [-0.3, -0.25) is 4.79 Å². The molecule has 17 heavy (non-hydrogen) atoms. The number of carbonyl (C=O) groups excluding carboxylic acids is 1. The highest BCUT2D eigenvalue weighted by atomic mass is 79.9. The Labute approximate surface area is 108 Å². The third kappa shape index (κ3) is 2.30. The maximum absolute atomic E-state index is 11.5. The zero-order valence-electron chi connectivity index (χ0n) is 9.68. The predicted octanol–water partition coefficient (Wildman–Crippen LogP) is 1.86. The number of hydrogen-bond acceptors (Lipinski definition) is 3. The molecule has 0 bridgehead atoms. The van der Waals surface area contributed by atoms with Crippen molar-refractivity contribution in [2.75, 3.05) is 18.6 Å². The van der Waals surface area contributed by atoms with E-state index in [4.69, 9.17) is 4.74 Å². The molecular formula is C12H14BrNO3. The lowest BCUT2D eigenvalue weighted by Crippen LogP contribution is -2.35. The summed E-state index contributed by atoms with van der Waals surface area (Å²) in [5.41, 5.74) is 1.46. The van der Waals surface area contributed by atoms with Gasteiger partial charge in [-0.25, -0.2) is 0 Å². The minimum absolute atomic E-state index is 0.0499. The van der Waals surface area contributed by atoms with Crippen molar-refractivity contribution in [2.45, 2.75) is 17.9 Å². The number of anilines is 1. The molecule has 1 aliphatic rings. The molecule has 5 heteroatoms. The quantitative estimate of drug-likeness (QED) is 0.848. The second kappa shape index (κ2) is 4.66. The lowest BCUT2D eigenvalue weighted by Gasteiger charge is -2.27. The number of halogens is 1. The molecule has 1 heterocycles. The van der Waals surface area contributed by atoms with Crippen LogP contribution in [0.1, 0.15) is 18.6 Å². The molecule has 1 aromatic rings. The highest BCUT2D eigenvalue weighted by Crippen LogP contribution is 2.34. The second-order valence-corrected chi connectivity index (χ2v) is 5.54. The summed E-state index contributed by atoms with van der Waals surface area (Å²) in [6.45, 7) is 1.94. The second-order valence-electron chi connectivity index (χ2n) is 4.09. The molecule has 2 atom stereocenters. The van der Waals surface area contributed by atoms with E-state index in [0.717, 1.165) is 5.56 Å². The van der Waals surface area contributed by atoms with Gasteiger partial charge < -0.3 is 14.7 Å². The van der Waals surface area contributed by atoms with Gasteiger partial charge in [0.25, 0.3) is 5.91 Å². The minimum Gasteiger partial charge on any atom is -0.482 e. The Kier molecular flexibility index (Phi) is 3.40. The SMILES string of the molecule is CC(Br)C(O)c1ccc2c(c1)N(C)C(=O)CO2. The first kappa shape index (κ1) is 12.4. The molecule has 4 nitrogen and oxygen atoms in total. The molecule has 0 aromatic heterocycles. The maximum atomic E-state index is 11.5. The first-order valence-corrected chi connectivity index (χ1v) is 6.27. The molecule has 0 fully saturated rings. The van der Waals surface area contributed by atoms with Gasteiger partial charge in [-0.2, -0.15) is 0 Å². The molecule has 2 unspecified atom stereocenters. The van der Waals surface area contributed by atoms with Crippen LogP contribution in [0.4, 0.5) is 5.69 Å². The van der Waals surface area contributed by atoms with Crippen LogP contribution in [0.15, 0.2) is 18.2 Å². The highest BCUT2D eigenvalue weighted by molar-refractivity contribution is 9.09. The van der Waals surface area contributed by atoms with Crippen LogP contribution in [0, 0.1) is 0 Å². The average Bonchev–Trinajstić information content (AvgIpc) is 2.32. The van der Waals surface area contributed by atoms with E-state index in [1.165, 1.54) is 0 Å². The van der Waals surface area contributed by atoms with Gasteiger partial charge in [0.1, 0.15) is 5.75 Å². The van der Waals surface area contributed by atoms with E-state index in [-0.39, 0.29) is 17.3 Å². The van der Waals surface area contributed by atoms with Crippen molar-refractivity contribution >= 4 is 27.5 Å². The van der Waals surface area contributed by atoms with Crippen molar-refractivity contribution in [1.29, 1.82) is 0 Å². The molecule has 1 N–H and O–H groups in total. The number of aliphatic hydroxyl groups is 1. The van der Waals surface area contributed by atoms with E-state index in [2.05, 4.69) is 15.9 Å². The fourth-order valence-corrected chi connectivity index (χ4v) is 2.04. The first-order valence-electron chi connectivity index (χ1n) is 5.36. The van der Waals surface area contributed by atoms with Crippen molar-refractivity contribution in [3.8, 4) is 5.75 Å². The van der Waals surface area contributed by atoms with Gasteiger partial charge in [-0.05, 0) is 24.6 Å². The Morgan fingerprint density at radius 3 is 2.88 bits per heavy atom. The van der Waals surface area contributed by atoms with E-state index in [9.17, 15) is 9.90 Å². The van der Waals surface area contributed by atoms with Gasteiger partial charge in [0.15, 0.2) is 6.61 Å². The molecular weight excluding hydrogens is 286 g/mol. The number of nitrogens with zero attached hydrogens (tertiary/aromatic N) is 1. The number of aliphatic hydroxyl groups excluding tert-OH is 1. The van der Waals surface area contributed by atoms with E-state index in [1.807, 2.05) is 13.0 Å². The van der Waals surface area contributed by atoms with Crippen LogP contribution < -0.4 is 9.64 Å². The van der Waals surface area contributed by atoms with E-state index >= 15 is 0 Å². The summed E-state index contributed by atoms with van der Waals surface area (Å²) in [5, 5.41) is 9.96. The molecule has 0 saturated carbocycles. The highest BCUT2D eigenvalue weighted by Gasteiger charge is 2.24. The van der Waals surface area contributed by atoms with Crippen LogP contribution in [0.3, 0.4) is 0 Å². The Morgan fingerprint density at radius 1 is 1.53 bits per heavy atom. The molecule has 0 saturated heterocycles. The van der Waals surface area contributed by atoms with Crippen LogP contribution in [0.5, 0.6) is 5.75 Å². The van der Waals surface area contributed by atoms with Gasteiger partial charge in [0.05, 0.1) is 11.8 Å². The molecule has 0 spiro atoms. The standard InChI is InChI=1S/C12H14BrNO3/c1-7(13)12(16)8-3-4-10-9(5-8)14(2)11(15)6-17-10/h3-5,7,12,16H,6H2,1-2H3. The van der Waals surface area contributed by atoms with Crippen molar-refractivity contribution in [3.63, 3.8) is 0 Å². The van der Waals surface area contributed by atoms with Crippen LogP contribution in [-0.2, 0) is 4.79 Å². The fourth-order valence-electron chi connectivity index (χ4n) is 1.74. The predicted molar refractivity (Wildman–Crippen MR) is 68.7 cm³/mol. The van der Waals surface area contributed by atoms with E-state index in [0.29, 0.717) is 11.4 Å². The van der Waals surface area contributed by atoms with E-state index < -0.39 is 6.10 Å². The number of rotatable bonds is 2. The lowest BCUT2D eigenvalue weighted by molar-refractivity contribution is -0.120. The summed E-state index contributed by atoms with van der Waals surface area (Å²) in [7, 11) is 1.71. The monoisotopic (exact) mass is 299 g/mol. The lowest BCUT2D eigenvalue weighted by atomic mass is 10.1. The van der Waals surface area contributed by atoms with Gasteiger partial charge >= 0.3 is 0 Å².